The van der Waals surface area contributed by atoms with Gasteiger partial charge in [0.05, 0.1) is 5.56 Å². The third-order valence-electron chi connectivity index (χ3n) is 3.08. The maximum Gasteiger partial charge on any atom is 0.183 e. The number of halogens is 2. The average Bonchev–Trinajstić information content (AvgIpc) is 2.50. The van der Waals surface area contributed by atoms with Crippen LogP contribution in [0.15, 0.2) is 36.4 Å². The van der Waals surface area contributed by atoms with E-state index in [0.717, 1.165) is 0 Å². The molecule has 0 bridgehead atoms. The molecule has 0 fully saturated rings. The fraction of sp³-hybridized carbons (Fsp3) is 0.188. The minimum atomic E-state index is -0.766. The van der Waals surface area contributed by atoms with E-state index in [4.69, 9.17) is 14.7 Å². The largest absolute Gasteiger partial charge is 0.352 e. The van der Waals surface area contributed by atoms with Crippen LogP contribution in [-0.2, 0) is 9.47 Å². The van der Waals surface area contributed by atoms with Gasteiger partial charge in [-0.25, -0.2) is 8.78 Å². The lowest BCUT2D eigenvalue weighted by atomic mass is 9.98. The molecule has 21 heavy (non-hydrogen) atoms. The van der Waals surface area contributed by atoms with Crippen LogP contribution in [0.3, 0.4) is 0 Å². The van der Waals surface area contributed by atoms with Gasteiger partial charge in [0.2, 0.25) is 0 Å². The lowest BCUT2D eigenvalue weighted by Crippen LogP contribution is -2.06. The smallest absolute Gasteiger partial charge is 0.183 e. The molecule has 2 rings (SSSR count). The molecule has 0 heterocycles. The van der Waals surface area contributed by atoms with Gasteiger partial charge in [-0.05, 0) is 18.2 Å². The van der Waals surface area contributed by atoms with Crippen molar-refractivity contribution < 1.29 is 18.3 Å². The van der Waals surface area contributed by atoms with Crippen molar-refractivity contribution in [1.82, 2.24) is 0 Å². The lowest BCUT2D eigenvalue weighted by Gasteiger charge is -2.16. The van der Waals surface area contributed by atoms with Crippen molar-refractivity contribution in [3.8, 4) is 17.2 Å². The molecule has 0 saturated heterocycles. The highest BCUT2D eigenvalue weighted by molar-refractivity contribution is 5.68. The molecule has 2 aromatic rings. The monoisotopic (exact) mass is 289 g/mol. The van der Waals surface area contributed by atoms with Gasteiger partial charge >= 0.3 is 0 Å². The molecule has 0 aliphatic heterocycles. The Hall–Kier alpha value is -2.29. The van der Waals surface area contributed by atoms with Crippen molar-refractivity contribution in [2.24, 2.45) is 0 Å². The summed E-state index contributed by atoms with van der Waals surface area (Å²) < 4.78 is 38.4. The normalized spacial score (nSPS) is 10.7. The van der Waals surface area contributed by atoms with Crippen molar-refractivity contribution in [3.05, 3.63) is 59.2 Å². The number of rotatable bonds is 4. The third-order valence-corrected chi connectivity index (χ3v) is 3.08. The fourth-order valence-electron chi connectivity index (χ4n) is 2.11. The highest BCUT2D eigenvalue weighted by Gasteiger charge is 2.19. The topological polar surface area (TPSA) is 42.2 Å². The summed E-state index contributed by atoms with van der Waals surface area (Å²) in [7, 11) is 2.85. The second-order valence-corrected chi connectivity index (χ2v) is 4.32. The van der Waals surface area contributed by atoms with Gasteiger partial charge < -0.3 is 9.47 Å². The van der Waals surface area contributed by atoms with Gasteiger partial charge in [-0.3, -0.25) is 0 Å². The molecule has 2 aromatic carbocycles. The summed E-state index contributed by atoms with van der Waals surface area (Å²) in [6.07, 6.45) is -0.761. The summed E-state index contributed by atoms with van der Waals surface area (Å²) in [5, 5.41) is 9.05. The third kappa shape index (κ3) is 2.92. The van der Waals surface area contributed by atoms with E-state index >= 15 is 0 Å². The van der Waals surface area contributed by atoms with E-state index in [1.54, 1.807) is 12.1 Å². The summed E-state index contributed by atoms with van der Waals surface area (Å²) >= 11 is 0. The van der Waals surface area contributed by atoms with Crippen LogP contribution in [0.1, 0.15) is 17.4 Å². The summed E-state index contributed by atoms with van der Waals surface area (Å²) in [4.78, 5) is 0. The Morgan fingerprint density at radius 3 is 2.29 bits per heavy atom. The van der Waals surface area contributed by atoms with E-state index in [1.165, 1.54) is 44.6 Å². The van der Waals surface area contributed by atoms with Crippen molar-refractivity contribution in [3.63, 3.8) is 0 Å². The molecule has 0 N–H and O–H groups in total. The van der Waals surface area contributed by atoms with E-state index in [-0.39, 0.29) is 16.7 Å². The molecule has 0 aromatic heterocycles. The highest BCUT2D eigenvalue weighted by atomic mass is 19.1. The van der Waals surface area contributed by atoms with E-state index in [2.05, 4.69) is 0 Å². The van der Waals surface area contributed by atoms with Gasteiger partial charge in [-0.2, -0.15) is 5.26 Å². The molecule has 3 nitrogen and oxygen atoms in total. The summed E-state index contributed by atoms with van der Waals surface area (Å²) in [6, 6.07) is 10.3. The lowest BCUT2D eigenvalue weighted by molar-refractivity contribution is -0.106. The van der Waals surface area contributed by atoms with Crippen LogP contribution >= 0.6 is 0 Å². The van der Waals surface area contributed by atoms with Gasteiger partial charge in [0.15, 0.2) is 6.29 Å². The molecule has 0 aliphatic rings. The number of ether oxygens (including phenoxy) is 2. The summed E-state index contributed by atoms with van der Waals surface area (Å²) in [6.45, 7) is 0. The van der Waals surface area contributed by atoms with Crippen LogP contribution in [0.25, 0.3) is 11.1 Å². The first-order valence-electron chi connectivity index (χ1n) is 6.16. The molecule has 5 heteroatoms. The molecule has 0 spiro atoms. The Morgan fingerprint density at radius 2 is 1.71 bits per heavy atom. The number of methoxy groups -OCH3 is 2. The van der Waals surface area contributed by atoms with E-state index in [0.29, 0.717) is 5.56 Å². The van der Waals surface area contributed by atoms with Gasteiger partial charge in [-0.15, -0.1) is 0 Å². The molecule has 108 valence electrons. The molecule has 0 atom stereocenters. The summed E-state index contributed by atoms with van der Waals surface area (Å²) in [5.41, 5.74) is 0.335. The Balaban J connectivity index is 2.68. The second kappa shape index (κ2) is 6.44. The zero-order chi connectivity index (χ0) is 15.4. The van der Waals surface area contributed by atoms with Crippen LogP contribution in [0.4, 0.5) is 8.78 Å². The quantitative estimate of drug-likeness (QED) is 0.804. The van der Waals surface area contributed by atoms with Crippen LogP contribution < -0.4 is 0 Å². The Bertz CT molecular complexity index is 691. The standard InChI is InChI=1S/C16H13F2NO2/c1-20-16(21-2)10-7-11(9-19)15(18)13(8-10)12-5-3-4-6-14(12)17/h3-8,16H,1-2H3. The van der Waals surface area contributed by atoms with Crippen LogP contribution in [0.5, 0.6) is 0 Å². The van der Waals surface area contributed by atoms with Crippen LogP contribution in [0.2, 0.25) is 0 Å². The van der Waals surface area contributed by atoms with E-state index < -0.39 is 17.9 Å². The predicted octanol–water partition coefficient (Wildman–Crippen LogP) is 3.79. The summed E-state index contributed by atoms with van der Waals surface area (Å²) in [5.74, 6) is -1.33. The zero-order valence-electron chi connectivity index (χ0n) is 11.6. The van der Waals surface area contributed by atoms with Gasteiger partial charge in [0.1, 0.15) is 17.7 Å². The van der Waals surface area contributed by atoms with Crippen LogP contribution in [-0.4, -0.2) is 14.2 Å². The van der Waals surface area contributed by atoms with Gasteiger partial charge in [0.25, 0.3) is 0 Å². The molecule has 0 saturated carbocycles. The fourth-order valence-corrected chi connectivity index (χ4v) is 2.11. The molecule has 0 aliphatic carbocycles. The average molecular weight is 289 g/mol. The maximum absolute atomic E-state index is 14.3. The molecule has 0 radical (unpaired) electrons. The number of nitrogens with zero attached hydrogens (tertiary/aromatic N) is 1. The predicted molar refractivity (Wildman–Crippen MR) is 73.3 cm³/mol. The molecular weight excluding hydrogens is 276 g/mol. The molecular formula is C16H13F2NO2. The second-order valence-electron chi connectivity index (χ2n) is 4.32. The minimum Gasteiger partial charge on any atom is -0.352 e. The molecule has 0 amide bonds. The number of benzene rings is 2. The first-order valence-corrected chi connectivity index (χ1v) is 6.16. The van der Waals surface area contributed by atoms with Crippen molar-refractivity contribution >= 4 is 0 Å². The van der Waals surface area contributed by atoms with E-state index in [9.17, 15) is 8.78 Å². The number of nitriles is 1. The first-order chi connectivity index (χ1) is 10.1. The zero-order valence-corrected chi connectivity index (χ0v) is 11.6. The first kappa shape index (κ1) is 15.1. The van der Waals surface area contributed by atoms with Crippen LogP contribution in [0, 0.1) is 23.0 Å². The SMILES string of the molecule is COC(OC)c1cc(C#N)c(F)c(-c2ccccc2F)c1. The van der Waals surface area contributed by atoms with E-state index in [1.807, 2.05) is 0 Å². The van der Waals surface area contributed by atoms with Gasteiger partial charge in [0, 0.05) is 30.9 Å². The van der Waals surface area contributed by atoms with Crippen molar-refractivity contribution in [2.45, 2.75) is 6.29 Å². The Kier molecular flexibility index (Phi) is 4.63. The van der Waals surface area contributed by atoms with Crippen molar-refractivity contribution in [2.75, 3.05) is 14.2 Å². The Morgan fingerprint density at radius 1 is 1.05 bits per heavy atom. The van der Waals surface area contributed by atoms with Gasteiger partial charge in [-0.1, -0.05) is 18.2 Å². The Labute approximate surface area is 121 Å². The molecule has 0 unspecified atom stereocenters. The highest BCUT2D eigenvalue weighted by Crippen LogP contribution is 2.31. The maximum atomic E-state index is 14.3. The minimum absolute atomic E-state index is 0.00116. The number of hydrogen-bond acceptors (Lipinski definition) is 3. The number of hydrogen-bond donors (Lipinski definition) is 0. The van der Waals surface area contributed by atoms with Crippen molar-refractivity contribution in [1.29, 1.82) is 5.26 Å².